The maximum Gasteiger partial charge on any atom is 0.0769 e. The SMILES string of the molecule is CC(Nc1cnccc1N(C)C)c1cccs1. The summed E-state index contributed by atoms with van der Waals surface area (Å²) in [6.07, 6.45) is 3.69. The number of hydrogen-bond donors (Lipinski definition) is 1. The van der Waals surface area contributed by atoms with Crippen LogP contribution in [0.25, 0.3) is 0 Å². The second kappa shape index (κ2) is 5.19. The van der Waals surface area contributed by atoms with Gasteiger partial charge in [0.1, 0.15) is 0 Å². The third kappa shape index (κ3) is 2.77. The molecule has 0 saturated heterocycles. The molecule has 1 unspecified atom stereocenters. The molecule has 0 aliphatic rings. The molecule has 0 bridgehead atoms. The lowest BCUT2D eigenvalue weighted by Crippen LogP contribution is -2.13. The molecule has 0 aliphatic heterocycles. The van der Waals surface area contributed by atoms with Crippen molar-refractivity contribution in [3.05, 3.63) is 40.8 Å². The summed E-state index contributed by atoms with van der Waals surface area (Å²) in [6.45, 7) is 2.16. The first-order chi connectivity index (χ1) is 8.18. The van der Waals surface area contributed by atoms with E-state index in [-0.39, 0.29) is 0 Å². The van der Waals surface area contributed by atoms with Crippen LogP contribution in [0.4, 0.5) is 11.4 Å². The van der Waals surface area contributed by atoms with E-state index >= 15 is 0 Å². The third-order valence-corrected chi connectivity index (χ3v) is 3.68. The summed E-state index contributed by atoms with van der Waals surface area (Å²) < 4.78 is 0. The Labute approximate surface area is 106 Å². The predicted octanol–water partition coefficient (Wildman–Crippen LogP) is 3.38. The van der Waals surface area contributed by atoms with Gasteiger partial charge in [0.25, 0.3) is 0 Å². The molecular weight excluding hydrogens is 230 g/mol. The minimum atomic E-state index is 0.304. The molecule has 2 heterocycles. The van der Waals surface area contributed by atoms with Crippen LogP contribution in [-0.2, 0) is 0 Å². The second-order valence-corrected chi connectivity index (χ2v) is 5.15. The highest BCUT2D eigenvalue weighted by atomic mass is 32.1. The summed E-state index contributed by atoms with van der Waals surface area (Å²) in [4.78, 5) is 7.60. The van der Waals surface area contributed by atoms with E-state index in [4.69, 9.17) is 0 Å². The molecule has 0 spiro atoms. The van der Waals surface area contributed by atoms with Crippen LogP contribution in [-0.4, -0.2) is 19.1 Å². The lowest BCUT2D eigenvalue weighted by atomic mass is 10.2. The van der Waals surface area contributed by atoms with Crippen LogP contribution in [0.2, 0.25) is 0 Å². The van der Waals surface area contributed by atoms with Crippen LogP contribution in [0.15, 0.2) is 36.0 Å². The first kappa shape index (κ1) is 11.9. The van der Waals surface area contributed by atoms with Gasteiger partial charge in [0.05, 0.1) is 23.6 Å². The molecule has 0 amide bonds. The maximum atomic E-state index is 4.18. The number of hydrogen-bond acceptors (Lipinski definition) is 4. The topological polar surface area (TPSA) is 28.2 Å². The fraction of sp³-hybridized carbons (Fsp3) is 0.308. The van der Waals surface area contributed by atoms with Gasteiger partial charge in [-0.25, -0.2) is 0 Å². The van der Waals surface area contributed by atoms with Crippen LogP contribution in [0, 0.1) is 0 Å². The van der Waals surface area contributed by atoms with Crippen molar-refractivity contribution in [2.45, 2.75) is 13.0 Å². The van der Waals surface area contributed by atoms with Gasteiger partial charge in [-0.2, -0.15) is 0 Å². The summed E-state index contributed by atoms with van der Waals surface area (Å²) in [6, 6.07) is 6.55. The minimum absolute atomic E-state index is 0.304. The van der Waals surface area contributed by atoms with Gasteiger partial charge in [0, 0.05) is 25.2 Å². The fourth-order valence-corrected chi connectivity index (χ4v) is 2.46. The van der Waals surface area contributed by atoms with Gasteiger partial charge < -0.3 is 10.2 Å². The summed E-state index contributed by atoms with van der Waals surface area (Å²) >= 11 is 1.77. The predicted molar refractivity (Wildman–Crippen MR) is 74.9 cm³/mol. The number of thiophene rings is 1. The summed E-state index contributed by atoms with van der Waals surface area (Å²) in [5.74, 6) is 0. The van der Waals surface area contributed by atoms with E-state index in [0.29, 0.717) is 6.04 Å². The number of nitrogens with zero attached hydrogens (tertiary/aromatic N) is 2. The monoisotopic (exact) mass is 247 g/mol. The Hall–Kier alpha value is -1.55. The summed E-state index contributed by atoms with van der Waals surface area (Å²) in [5, 5.41) is 5.60. The third-order valence-electron chi connectivity index (χ3n) is 2.62. The Morgan fingerprint density at radius 2 is 2.18 bits per heavy atom. The highest BCUT2D eigenvalue weighted by molar-refractivity contribution is 7.10. The Morgan fingerprint density at radius 1 is 1.35 bits per heavy atom. The second-order valence-electron chi connectivity index (χ2n) is 4.17. The zero-order valence-corrected chi connectivity index (χ0v) is 11.2. The van der Waals surface area contributed by atoms with Crippen molar-refractivity contribution < 1.29 is 0 Å². The van der Waals surface area contributed by atoms with Crippen molar-refractivity contribution in [1.82, 2.24) is 4.98 Å². The van der Waals surface area contributed by atoms with Crippen LogP contribution >= 0.6 is 11.3 Å². The van der Waals surface area contributed by atoms with Crippen molar-refractivity contribution >= 4 is 22.7 Å². The molecule has 0 aromatic carbocycles. The van der Waals surface area contributed by atoms with Crippen LogP contribution in [0.1, 0.15) is 17.8 Å². The van der Waals surface area contributed by atoms with Gasteiger partial charge in [-0.1, -0.05) is 6.07 Å². The van der Waals surface area contributed by atoms with E-state index in [0.717, 1.165) is 11.4 Å². The highest BCUT2D eigenvalue weighted by Gasteiger charge is 2.09. The first-order valence-corrected chi connectivity index (χ1v) is 6.47. The van der Waals surface area contributed by atoms with Crippen molar-refractivity contribution in [2.24, 2.45) is 0 Å². The molecular formula is C13H17N3S. The van der Waals surface area contributed by atoms with E-state index in [1.165, 1.54) is 4.88 Å². The highest BCUT2D eigenvalue weighted by Crippen LogP contribution is 2.28. The minimum Gasteiger partial charge on any atom is -0.376 e. The fourth-order valence-electron chi connectivity index (χ4n) is 1.73. The number of pyridine rings is 1. The van der Waals surface area contributed by atoms with Gasteiger partial charge >= 0.3 is 0 Å². The van der Waals surface area contributed by atoms with Crippen LogP contribution in [0.5, 0.6) is 0 Å². The van der Waals surface area contributed by atoms with Gasteiger partial charge in [-0.3, -0.25) is 4.98 Å². The average Bonchev–Trinajstić information content (AvgIpc) is 2.83. The molecule has 2 aromatic rings. The van der Waals surface area contributed by atoms with Crippen molar-refractivity contribution in [1.29, 1.82) is 0 Å². The quantitative estimate of drug-likeness (QED) is 0.897. The lowest BCUT2D eigenvalue weighted by molar-refractivity contribution is 0.903. The van der Waals surface area contributed by atoms with Gasteiger partial charge in [0.2, 0.25) is 0 Å². The molecule has 0 radical (unpaired) electrons. The molecule has 2 aromatic heterocycles. The number of aromatic nitrogens is 1. The first-order valence-electron chi connectivity index (χ1n) is 5.59. The molecule has 90 valence electrons. The van der Waals surface area contributed by atoms with E-state index in [1.807, 2.05) is 32.6 Å². The molecule has 0 saturated carbocycles. The van der Waals surface area contributed by atoms with E-state index < -0.39 is 0 Å². The average molecular weight is 247 g/mol. The van der Waals surface area contributed by atoms with Gasteiger partial charge in [-0.05, 0) is 24.4 Å². The van der Waals surface area contributed by atoms with Gasteiger partial charge in [0.15, 0.2) is 0 Å². The van der Waals surface area contributed by atoms with Gasteiger partial charge in [-0.15, -0.1) is 11.3 Å². The van der Waals surface area contributed by atoms with E-state index in [9.17, 15) is 0 Å². The molecule has 0 aliphatic carbocycles. The number of rotatable bonds is 4. The molecule has 1 N–H and O–H groups in total. The Bertz CT molecular complexity index is 465. The molecule has 3 nitrogen and oxygen atoms in total. The normalized spacial score (nSPS) is 12.2. The van der Waals surface area contributed by atoms with Crippen molar-refractivity contribution in [3.63, 3.8) is 0 Å². The van der Waals surface area contributed by atoms with Crippen LogP contribution < -0.4 is 10.2 Å². The van der Waals surface area contributed by atoms with Crippen LogP contribution in [0.3, 0.4) is 0 Å². The van der Waals surface area contributed by atoms with E-state index in [1.54, 1.807) is 11.3 Å². The molecule has 17 heavy (non-hydrogen) atoms. The molecule has 1 atom stereocenters. The zero-order chi connectivity index (χ0) is 12.3. The standard InChI is InChI=1S/C13H17N3S/c1-10(13-5-4-8-17-13)15-11-9-14-7-6-12(11)16(2)3/h4-10,15H,1-3H3. The summed E-state index contributed by atoms with van der Waals surface area (Å²) in [7, 11) is 4.08. The maximum absolute atomic E-state index is 4.18. The largest absolute Gasteiger partial charge is 0.376 e. The molecule has 4 heteroatoms. The van der Waals surface area contributed by atoms with Crippen molar-refractivity contribution in [2.75, 3.05) is 24.3 Å². The number of anilines is 2. The van der Waals surface area contributed by atoms with Crippen molar-refractivity contribution in [3.8, 4) is 0 Å². The summed E-state index contributed by atoms with van der Waals surface area (Å²) in [5.41, 5.74) is 2.22. The zero-order valence-electron chi connectivity index (χ0n) is 10.3. The smallest absolute Gasteiger partial charge is 0.0769 e. The Balaban J connectivity index is 2.18. The molecule has 2 rings (SSSR count). The van der Waals surface area contributed by atoms with E-state index in [2.05, 4.69) is 39.6 Å². The molecule has 0 fully saturated rings. The Kier molecular flexibility index (Phi) is 3.64. The Morgan fingerprint density at radius 3 is 2.82 bits per heavy atom. The number of nitrogens with one attached hydrogen (secondary N) is 1. The lowest BCUT2D eigenvalue weighted by Gasteiger charge is -2.20.